The van der Waals surface area contributed by atoms with Crippen LogP contribution >= 0.6 is 0 Å². The number of nitrogens with zero attached hydrogens (tertiary/aromatic N) is 2. The molecular weight excluding hydrogens is 302 g/mol. The summed E-state index contributed by atoms with van der Waals surface area (Å²) < 4.78 is 76.8. The molecule has 2 rings (SSSR count). The lowest BCUT2D eigenvalue weighted by Crippen LogP contribution is -2.29. The predicted molar refractivity (Wildman–Crippen MR) is 60.2 cm³/mol. The van der Waals surface area contributed by atoms with Crippen molar-refractivity contribution in [3.63, 3.8) is 0 Å². The molecule has 1 saturated carbocycles. The van der Waals surface area contributed by atoms with Crippen LogP contribution in [0.25, 0.3) is 0 Å². The van der Waals surface area contributed by atoms with Crippen molar-refractivity contribution in [2.75, 3.05) is 0 Å². The first-order valence-electron chi connectivity index (χ1n) is 6.45. The van der Waals surface area contributed by atoms with E-state index in [2.05, 4.69) is 5.10 Å². The number of aliphatic hydroxyl groups is 1. The van der Waals surface area contributed by atoms with Gasteiger partial charge < -0.3 is 5.11 Å². The molecule has 0 atom stereocenters. The van der Waals surface area contributed by atoms with Gasteiger partial charge in [-0.3, -0.25) is 4.68 Å². The number of alkyl halides is 6. The summed E-state index contributed by atoms with van der Waals surface area (Å²) >= 11 is 0. The van der Waals surface area contributed by atoms with Crippen molar-refractivity contribution in [2.45, 2.75) is 50.7 Å². The normalized spacial score (nSPS) is 24.3. The van der Waals surface area contributed by atoms with Gasteiger partial charge in [-0.25, -0.2) is 0 Å². The van der Waals surface area contributed by atoms with Crippen molar-refractivity contribution in [3.8, 4) is 0 Å². The minimum absolute atomic E-state index is 0.119. The predicted octanol–water partition coefficient (Wildman–Crippen LogP) is 3.69. The SMILES string of the molecule is OCc1cn(C2CCC(C(F)(F)F)CC2)nc1C(F)(F)F. The van der Waals surface area contributed by atoms with Gasteiger partial charge in [-0.2, -0.15) is 31.4 Å². The molecule has 1 aliphatic carbocycles. The molecule has 1 aromatic rings. The number of halogens is 6. The molecule has 120 valence electrons. The van der Waals surface area contributed by atoms with Crippen LogP contribution in [-0.4, -0.2) is 21.1 Å². The van der Waals surface area contributed by atoms with Gasteiger partial charge in [0.25, 0.3) is 0 Å². The highest BCUT2D eigenvalue weighted by molar-refractivity contribution is 5.19. The lowest BCUT2D eigenvalue weighted by Gasteiger charge is -2.29. The third-order valence-electron chi connectivity index (χ3n) is 3.78. The third-order valence-corrected chi connectivity index (χ3v) is 3.78. The summed E-state index contributed by atoms with van der Waals surface area (Å²) in [7, 11) is 0. The molecule has 9 heteroatoms. The van der Waals surface area contributed by atoms with E-state index in [4.69, 9.17) is 5.11 Å². The highest BCUT2D eigenvalue weighted by Crippen LogP contribution is 2.41. The Morgan fingerprint density at radius 1 is 1.10 bits per heavy atom. The molecule has 0 radical (unpaired) electrons. The Balaban J connectivity index is 2.13. The summed E-state index contributed by atoms with van der Waals surface area (Å²) in [6, 6.07) is -0.495. The average Bonchev–Trinajstić information content (AvgIpc) is 2.82. The minimum Gasteiger partial charge on any atom is -0.392 e. The Hall–Kier alpha value is -1.25. The van der Waals surface area contributed by atoms with Crippen molar-refractivity contribution in [1.29, 1.82) is 0 Å². The summed E-state index contributed by atoms with van der Waals surface area (Å²) in [5.74, 6) is -1.40. The Kier molecular flexibility index (Phi) is 4.23. The zero-order valence-corrected chi connectivity index (χ0v) is 10.9. The van der Waals surface area contributed by atoms with E-state index in [1.54, 1.807) is 0 Å². The van der Waals surface area contributed by atoms with E-state index >= 15 is 0 Å². The summed E-state index contributed by atoms with van der Waals surface area (Å²) in [5, 5.41) is 12.4. The Bertz CT molecular complexity index is 485. The van der Waals surface area contributed by atoms with Crippen molar-refractivity contribution >= 4 is 0 Å². The second-order valence-corrected chi connectivity index (χ2v) is 5.19. The maximum Gasteiger partial charge on any atom is 0.435 e. The summed E-state index contributed by atoms with van der Waals surface area (Å²) in [6.07, 6.45) is -7.88. The van der Waals surface area contributed by atoms with Gasteiger partial charge in [0.1, 0.15) is 0 Å². The first kappa shape index (κ1) is 16.1. The van der Waals surface area contributed by atoms with Crippen LogP contribution in [0.1, 0.15) is 43.0 Å². The van der Waals surface area contributed by atoms with E-state index in [1.165, 1.54) is 0 Å². The summed E-state index contributed by atoms with van der Waals surface area (Å²) in [4.78, 5) is 0. The number of hydrogen-bond acceptors (Lipinski definition) is 2. The van der Waals surface area contributed by atoms with Crippen molar-refractivity contribution in [3.05, 3.63) is 17.5 Å². The van der Waals surface area contributed by atoms with Gasteiger partial charge in [0, 0.05) is 11.8 Å². The molecule has 1 heterocycles. The number of hydrogen-bond donors (Lipinski definition) is 1. The van der Waals surface area contributed by atoms with Crippen LogP contribution in [0.3, 0.4) is 0 Å². The van der Waals surface area contributed by atoms with Crippen LogP contribution in [0.2, 0.25) is 0 Å². The standard InChI is InChI=1S/C12H14F6N2O/c13-11(14,15)8-1-3-9(4-2-8)20-5-7(6-21)10(19-20)12(16,17)18/h5,8-9,21H,1-4,6H2. The second kappa shape index (κ2) is 5.51. The topological polar surface area (TPSA) is 38.0 Å². The first-order valence-corrected chi connectivity index (χ1v) is 6.45. The summed E-state index contributed by atoms with van der Waals surface area (Å²) in [5.41, 5.74) is -1.54. The third kappa shape index (κ3) is 3.50. The van der Waals surface area contributed by atoms with E-state index < -0.39 is 36.6 Å². The van der Waals surface area contributed by atoms with Gasteiger partial charge in [-0.05, 0) is 25.7 Å². The molecule has 1 N–H and O–H groups in total. The number of aliphatic hydroxyl groups excluding tert-OH is 1. The van der Waals surface area contributed by atoms with Crippen LogP contribution in [0, 0.1) is 5.92 Å². The molecule has 1 fully saturated rings. The fourth-order valence-corrected chi connectivity index (χ4v) is 2.64. The van der Waals surface area contributed by atoms with Gasteiger partial charge in [0.15, 0.2) is 5.69 Å². The first-order chi connectivity index (χ1) is 9.63. The Labute approximate surface area is 116 Å². The highest BCUT2D eigenvalue weighted by Gasteiger charge is 2.42. The van der Waals surface area contributed by atoms with Crippen LogP contribution in [0.15, 0.2) is 6.20 Å². The molecule has 0 aromatic carbocycles. The molecule has 0 amide bonds. The molecule has 0 aliphatic heterocycles. The van der Waals surface area contributed by atoms with Gasteiger partial charge in [-0.15, -0.1) is 0 Å². The van der Waals surface area contributed by atoms with E-state index in [-0.39, 0.29) is 31.2 Å². The zero-order valence-electron chi connectivity index (χ0n) is 10.9. The molecule has 1 aromatic heterocycles. The van der Waals surface area contributed by atoms with Crippen molar-refractivity contribution in [1.82, 2.24) is 9.78 Å². The monoisotopic (exact) mass is 316 g/mol. The van der Waals surface area contributed by atoms with Crippen molar-refractivity contribution in [2.24, 2.45) is 5.92 Å². The summed E-state index contributed by atoms with van der Waals surface area (Å²) in [6.45, 7) is -0.813. The largest absolute Gasteiger partial charge is 0.435 e. The lowest BCUT2D eigenvalue weighted by atomic mass is 9.86. The van der Waals surface area contributed by atoms with Crippen LogP contribution in [0.5, 0.6) is 0 Å². The fourth-order valence-electron chi connectivity index (χ4n) is 2.64. The number of aromatic nitrogens is 2. The number of rotatable bonds is 2. The Morgan fingerprint density at radius 3 is 2.05 bits per heavy atom. The fraction of sp³-hybridized carbons (Fsp3) is 0.750. The molecule has 1 aliphatic rings. The lowest BCUT2D eigenvalue weighted by molar-refractivity contribution is -0.183. The molecule has 0 unspecified atom stereocenters. The minimum atomic E-state index is -4.69. The maximum absolute atomic E-state index is 12.7. The molecule has 0 saturated heterocycles. The van der Waals surface area contributed by atoms with E-state index in [0.29, 0.717) is 0 Å². The molecule has 0 spiro atoms. The van der Waals surface area contributed by atoms with E-state index in [0.717, 1.165) is 10.9 Å². The molecule has 0 bridgehead atoms. The van der Waals surface area contributed by atoms with Gasteiger partial charge in [-0.1, -0.05) is 0 Å². The highest BCUT2D eigenvalue weighted by atomic mass is 19.4. The smallest absolute Gasteiger partial charge is 0.392 e. The van der Waals surface area contributed by atoms with E-state index in [1.807, 2.05) is 0 Å². The average molecular weight is 316 g/mol. The quantitative estimate of drug-likeness (QED) is 0.845. The Morgan fingerprint density at radius 2 is 1.67 bits per heavy atom. The molecule has 21 heavy (non-hydrogen) atoms. The molecule has 3 nitrogen and oxygen atoms in total. The van der Waals surface area contributed by atoms with Crippen LogP contribution < -0.4 is 0 Å². The van der Waals surface area contributed by atoms with Gasteiger partial charge in [0.2, 0.25) is 0 Å². The van der Waals surface area contributed by atoms with Crippen LogP contribution in [-0.2, 0) is 12.8 Å². The second-order valence-electron chi connectivity index (χ2n) is 5.19. The maximum atomic E-state index is 12.7. The van der Waals surface area contributed by atoms with E-state index in [9.17, 15) is 26.3 Å². The van der Waals surface area contributed by atoms with Gasteiger partial charge in [0.05, 0.1) is 18.6 Å². The van der Waals surface area contributed by atoms with Crippen LogP contribution in [0.4, 0.5) is 26.3 Å². The zero-order chi connectivity index (χ0) is 15.8. The molecular formula is C12H14F6N2O. The van der Waals surface area contributed by atoms with Crippen molar-refractivity contribution < 1.29 is 31.4 Å². The van der Waals surface area contributed by atoms with Gasteiger partial charge >= 0.3 is 12.4 Å².